The van der Waals surface area contributed by atoms with E-state index < -0.39 is 0 Å². The average molecular weight is 384 g/mol. The smallest absolute Gasteiger partial charge is 0.230 e. The lowest BCUT2D eigenvalue weighted by atomic mass is 10.1. The molecule has 0 saturated carbocycles. The Bertz CT molecular complexity index is 922. The van der Waals surface area contributed by atoms with Gasteiger partial charge in [-0.3, -0.25) is 4.79 Å². The zero-order valence-electron chi connectivity index (χ0n) is 15.3. The second kappa shape index (κ2) is 8.86. The Morgan fingerprint density at radius 1 is 1.19 bits per heavy atom. The molecule has 27 heavy (non-hydrogen) atoms. The lowest BCUT2D eigenvalue weighted by Crippen LogP contribution is -2.24. The molecule has 6 heteroatoms. The Hall–Kier alpha value is -2.60. The van der Waals surface area contributed by atoms with E-state index in [0.717, 1.165) is 11.3 Å². The molecule has 0 saturated heterocycles. The minimum atomic E-state index is -0.329. The van der Waals surface area contributed by atoms with Crippen LogP contribution in [-0.2, 0) is 17.1 Å². The molecule has 1 heterocycles. The molecule has 0 aliphatic carbocycles. The van der Waals surface area contributed by atoms with Crippen molar-refractivity contribution < 1.29 is 13.6 Å². The van der Waals surface area contributed by atoms with Crippen molar-refractivity contribution in [2.75, 3.05) is 5.75 Å². The molecule has 0 radical (unpaired) electrons. The van der Waals surface area contributed by atoms with Crippen LogP contribution in [0.4, 0.5) is 4.39 Å². The molecule has 140 valence electrons. The van der Waals surface area contributed by atoms with E-state index in [1.165, 1.54) is 29.5 Å². The van der Waals surface area contributed by atoms with Crippen LogP contribution >= 0.6 is 11.8 Å². The van der Waals surface area contributed by atoms with Gasteiger partial charge in [0.05, 0.1) is 11.4 Å². The molecule has 0 unspecified atom stereocenters. The molecular weight excluding hydrogens is 363 g/mol. The second-order valence-electron chi connectivity index (χ2n) is 6.29. The molecular formula is C21H21FN2O2S. The van der Waals surface area contributed by atoms with Crippen molar-refractivity contribution in [2.45, 2.75) is 26.1 Å². The topological polar surface area (TPSA) is 55.1 Å². The van der Waals surface area contributed by atoms with Crippen LogP contribution in [0.1, 0.15) is 22.6 Å². The first-order valence-electron chi connectivity index (χ1n) is 8.63. The van der Waals surface area contributed by atoms with Crippen LogP contribution in [0.5, 0.6) is 0 Å². The van der Waals surface area contributed by atoms with Crippen molar-refractivity contribution in [2.24, 2.45) is 0 Å². The third-order valence-electron chi connectivity index (χ3n) is 4.05. The number of rotatable bonds is 7. The highest BCUT2D eigenvalue weighted by atomic mass is 32.2. The average Bonchev–Trinajstić information content (AvgIpc) is 3.02. The molecule has 0 atom stereocenters. The number of thioether (sulfide) groups is 1. The minimum absolute atomic E-state index is 0.0212. The van der Waals surface area contributed by atoms with Gasteiger partial charge in [0, 0.05) is 17.9 Å². The van der Waals surface area contributed by atoms with E-state index >= 15 is 0 Å². The number of halogens is 1. The number of benzene rings is 2. The predicted molar refractivity (Wildman–Crippen MR) is 106 cm³/mol. The standard InChI is InChI=1S/C21H21FN2O2S/c1-14-6-8-16(9-7-14)11-23-20(25)13-27-12-19-15(2)26-21(24-19)17-4-3-5-18(22)10-17/h3-10H,11-13H2,1-2H3,(H,23,25). The maximum Gasteiger partial charge on any atom is 0.230 e. The van der Waals surface area contributed by atoms with Gasteiger partial charge in [-0.15, -0.1) is 11.8 Å². The minimum Gasteiger partial charge on any atom is -0.441 e. The first-order chi connectivity index (χ1) is 13.0. The van der Waals surface area contributed by atoms with Crippen molar-refractivity contribution in [3.05, 3.63) is 76.9 Å². The molecule has 1 N–H and O–H groups in total. The highest BCUT2D eigenvalue weighted by Gasteiger charge is 2.12. The maximum atomic E-state index is 13.3. The van der Waals surface area contributed by atoms with Crippen molar-refractivity contribution in [1.82, 2.24) is 10.3 Å². The number of aryl methyl sites for hydroxylation is 2. The number of hydrogen-bond acceptors (Lipinski definition) is 4. The SMILES string of the molecule is Cc1ccc(CNC(=O)CSCc2nc(-c3cccc(F)c3)oc2C)cc1. The first kappa shape index (κ1) is 19.2. The predicted octanol–water partition coefficient (Wildman–Crippen LogP) is 4.65. The fourth-order valence-electron chi connectivity index (χ4n) is 2.50. The van der Waals surface area contributed by atoms with Gasteiger partial charge in [-0.2, -0.15) is 0 Å². The van der Waals surface area contributed by atoms with Gasteiger partial charge in [-0.25, -0.2) is 9.37 Å². The summed E-state index contributed by atoms with van der Waals surface area (Å²) in [5.74, 6) is 1.63. The summed E-state index contributed by atoms with van der Waals surface area (Å²) < 4.78 is 19.0. The summed E-state index contributed by atoms with van der Waals surface area (Å²) >= 11 is 1.47. The summed E-state index contributed by atoms with van der Waals surface area (Å²) in [6.45, 7) is 4.38. The van der Waals surface area contributed by atoms with Gasteiger partial charge >= 0.3 is 0 Å². The van der Waals surface area contributed by atoms with E-state index in [4.69, 9.17) is 4.42 Å². The monoisotopic (exact) mass is 384 g/mol. The van der Waals surface area contributed by atoms with Gasteiger partial charge in [0.15, 0.2) is 0 Å². The van der Waals surface area contributed by atoms with Crippen molar-refractivity contribution in [3.8, 4) is 11.5 Å². The van der Waals surface area contributed by atoms with E-state index in [-0.39, 0.29) is 11.7 Å². The number of hydrogen-bond donors (Lipinski definition) is 1. The quantitative estimate of drug-likeness (QED) is 0.644. The molecule has 1 aromatic heterocycles. The number of carbonyl (C=O) groups is 1. The molecule has 3 rings (SSSR count). The van der Waals surface area contributed by atoms with E-state index in [1.807, 2.05) is 38.1 Å². The van der Waals surface area contributed by atoms with Crippen LogP contribution in [0.2, 0.25) is 0 Å². The lowest BCUT2D eigenvalue weighted by Gasteiger charge is -2.05. The fraction of sp³-hybridized carbons (Fsp3) is 0.238. The Morgan fingerprint density at radius 2 is 1.96 bits per heavy atom. The van der Waals surface area contributed by atoms with E-state index in [2.05, 4.69) is 10.3 Å². The number of aromatic nitrogens is 1. The number of nitrogens with one attached hydrogen (secondary N) is 1. The molecule has 4 nitrogen and oxygen atoms in total. The van der Waals surface area contributed by atoms with Gasteiger partial charge in [0.25, 0.3) is 0 Å². The number of oxazole rings is 1. The van der Waals surface area contributed by atoms with Gasteiger partial charge in [0.2, 0.25) is 11.8 Å². The normalized spacial score (nSPS) is 10.8. The molecule has 2 aromatic carbocycles. The zero-order valence-corrected chi connectivity index (χ0v) is 16.1. The summed E-state index contributed by atoms with van der Waals surface area (Å²) in [5.41, 5.74) is 3.64. The van der Waals surface area contributed by atoms with E-state index in [1.54, 1.807) is 12.1 Å². The Balaban J connectivity index is 1.48. The van der Waals surface area contributed by atoms with E-state index in [9.17, 15) is 9.18 Å². The molecule has 0 aliphatic heterocycles. The van der Waals surface area contributed by atoms with E-state index in [0.29, 0.717) is 35.3 Å². The summed E-state index contributed by atoms with van der Waals surface area (Å²) in [6.07, 6.45) is 0. The summed E-state index contributed by atoms with van der Waals surface area (Å²) in [4.78, 5) is 16.4. The molecule has 3 aromatic rings. The van der Waals surface area contributed by atoms with Crippen LogP contribution in [0, 0.1) is 19.7 Å². The zero-order chi connectivity index (χ0) is 19.2. The highest BCUT2D eigenvalue weighted by molar-refractivity contribution is 7.99. The van der Waals surface area contributed by atoms with Crippen LogP contribution in [0.15, 0.2) is 52.9 Å². The third kappa shape index (κ3) is 5.44. The molecule has 1 amide bonds. The Kier molecular flexibility index (Phi) is 6.29. The molecule has 0 fully saturated rings. The van der Waals surface area contributed by atoms with Crippen molar-refractivity contribution in [3.63, 3.8) is 0 Å². The molecule has 0 bridgehead atoms. The lowest BCUT2D eigenvalue weighted by molar-refractivity contribution is -0.118. The van der Waals surface area contributed by atoms with Gasteiger partial charge < -0.3 is 9.73 Å². The van der Waals surface area contributed by atoms with Gasteiger partial charge in [-0.1, -0.05) is 35.9 Å². The second-order valence-corrected chi connectivity index (χ2v) is 7.27. The van der Waals surface area contributed by atoms with Crippen molar-refractivity contribution in [1.29, 1.82) is 0 Å². The van der Waals surface area contributed by atoms with Crippen LogP contribution < -0.4 is 5.32 Å². The maximum absolute atomic E-state index is 13.3. The highest BCUT2D eigenvalue weighted by Crippen LogP contribution is 2.24. The summed E-state index contributed by atoms with van der Waals surface area (Å²) in [6, 6.07) is 14.2. The number of carbonyl (C=O) groups excluding carboxylic acids is 1. The largest absolute Gasteiger partial charge is 0.441 e. The van der Waals surface area contributed by atoms with Crippen molar-refractivity contribution >= 4 is 17.7 Å². The Morgan fingerprint density at radius 3 is 2.70 bits per heavy atom. The van der Waals surface area contributed by atoms with Crippen LogP contribution in [0.3, 0.4) is 0 Å². The molecule has 0 aliphatic rings. The van der Waals surface area contributed by atoms with Gasteiger partial charge in [0.1, 0.15) is 11.6 Å². The van der Waals surface area contributed by atoms with Gasteiger partial charge in [-0.05, 0) is 37.6 Å². The fourth-order valence-corrected chi connectivity index (χ4v) is 3.36. The number of nitrogens with zero attached hydrogens (tertiary/aromatic N) is 1. The Labute approximate surface area is 162 Å². The first-order valence-corrected chi connectivity index (χ1v) is 9.79. The summed E-state index contributed by atoms with van der Waals surface area (Å²) in [7, 11) is 0. The third-order valence-corrected chi connectivity index (χ3v) is 4.99. The summed E-state index contributed by atoms with van der Waals surface area (Å²) in [5, 5.41) is 2.91. The molecule has 0 spiro atoms. The van der Waals surface area contributed by atoms with Crippen LogP contribution in [0.25, 0.3) is 11.5 Å². The number of amides is 1. The van der Waals surface area contributed by atoms with Crippen LogP contribution in [-0.4, -0.2) is 16.6 Å².